The third-order valence-electron chi connectivity index (χ3n) is 3.09. The van der Waals surface area contributed by atoms with Gasteiger partial charge in [-0.05, 0) is 25.5 Å². The van der Waals surface area contributed by atoms with Crippen LogP contribution in [0.1, 0.15) is 33.1 Å². The van der Waals surface area contributed by atoms with Crippen molar-refractivity contribution in [1.82, 2.24) is 4.72 Å². The largest absolute Gasteiger partial charge is 0.383 e. The highest BCUT2D eigenvalue weighted by atomic mass is 32.2. The Morgan fingerprint density at radius 2 is 2.05 bits per heavy atom. The van der Waals surface area contributed by atoms with Gasteiger partial charge in [0.1, 0.15) is 5.69 Å². The summed E-state index contributed by atoms with van der Waals surface area (Å²) in [4.78, 5) is 10.3. The van der Waals surface area contributed by atoms with E-state index in [9.17, 15) is 18.5 Å². The molecule has 8 heteroatoms. The van der Waals surface area contributed by atoms with Crippen LogP contribution in [0.2, 0.25) is 0 Å². The van der Waals surface area contributed by atoms with Gasteiger partial charge in [0.05, 0.1) is 9.82 Å². The van der Waals surface area contributed by atoms with Crippen LogP contribution < -0.4 is 10.0 Å². The molecule has 7 nitrogen and oxygen atoms in total. The number of hydrogen-bond acceptors (Lipinski definition) is 5. The van der Waals surface area contributed by atoms with E-state index in [0.29, 0.717) is 0 Å². The summed E-state index contributed by atoms with van der Waals surface area (Å²) in [6.45, 7) is 3.84. The van der Waals surface area contributed by atoms with Crippen molar-refractivity contribution in [2.24, 2.45) is 0 Å². The molecule has 118 valence electrons. The van der Waals surface area contributed by atoms with Crippen molar-refractivity contribution in [2.75, 3.05) is 12.4 Å². The second kappa shape index (κ2) is 7.37. The van der Waals surface area contributed by atoms with Gasteiger partial charge < -0.3 is 5.32 Å². The molecule has 0 aliphatic heterocycles. The summed E-state index contributed by atoms with van der Waals surface area (Å²) in [6, 6.07) is 3.53. The van der Waals surface area contributed by atoms with Gasteiger partial charge in [-0.2, -0.15) is 0 Å². The number of rotatable bonds is 8. The van der Waals surface area contributed by atoms with E-state index < -0.39 is 14.9 Å². The fourth-order valence-electron chi connectivity index (χ4n) is 1.94. The number of nitrogens with zero attached hydrogens (tertiary/aromatic N) is 1. The van der Waals surface area contributed by atoms with Crippen molar-refractivity contribution < 1.29 is 13.3 Å². The Morgan fingerprint density at radius 3 is 2.57 bits per heavy atom. The number of nitro groups is 1. The molecular formula is C13H21N3O4S. The molecule has 1 atom stereocenters. The Morgan fingerprint density at radius 1 is 1.38 bits per heavy atom. The summed E-state index contributed by atoms with van der Waals surface area (Å²) in [5.74, 6) is 0. The number of sulfonamides is 1. The monoisotopic (exact) mass is 315 g/mol. The number of hydrogen-bond donors (Lipinski definition) is 2. The van der Waals surface area contributed by atoms with E-state index in [4.69, 9.17) is 0 Å². The average molecular weight is 315 g/mol. The molecule has 0 saturated heterocycles. The van der Waals surface area contributed by atoms with Crippen molar-refractivity contribution in [1.29, 1.82) is 0 Å². The molecule has 1 aromatic rings. The molecule has 0 heterocycles. The van der Waals surface area contributed by atoms with Gasteiger partial charge in [-0.25, -0.2) is 13.1 Å². The van der Waals surface area contributed by atoms with Crippen molar-refractivity contribution in [2.45, 2.75) is 44.0 Å². The lowest BCUT2D eigenvalue weighted by Gasteiger charge is -2.14. The molecular weight excluding hydrogens is 294 g/mol. The fourth-order valence-corrected chi connectivity index (χ4v) is 3.25. The standard InChI is InChI=1S/C13H21N3O4S/c1-4-5-6-10(2)15-21(19,20)11-7-8-13(16(17)18)12(9-11)14-3/h7-10,14-15H,4-6H2,1-3H3. The highest BCUT2D eigenvalue weighted by molar-refractivity contribution is 7.89. The zero-order valence-corrected chi connectivity index (χ0v) is 13.2. The SMILES string of the molecule is CCCCC(C)NS(=O)(=O)c1ccc([N+](=O)[O-])c(NC)c1. The van der Waals surface area contributed by atoms with Gasteiger partial charge in [-0.1, -0.05) is 19.8 Å². The van der Waals surface area contributed by atoms with Crippen molar-refractivity contribution >= 4 is 21.4 Å². The smallest absolute Gasteiger partial charge is 0.292 e. The minimum absolute atomic E-state index is 0.0146. The molecule has 0 spiro atoms. The predicted octanol–water partition coefficient (Wildman–Crippen LogP) is 2.49. The first-order chi connectivity index (χ1) is 9.81. The van der Waals surface area contributed by atoms with Crippen LogP contribution in [0, 0.1) is 10.1 Å². The molecule has 0 aliphatic rings. The Bertz CT molecular complexity index is 601. The van der Waals surface area contributed by atoms with Crippen LogP contribution in [0.3, 0.4) is 0 Å². The summed E-state index contributed by atoms with van der Waals surface area (Å²) in [6.07, 6.45) is 2.68. The molecule has 0 bridgehead atoms. The normalized spacial score (nSPS) is 12.9. The molecule has 0 radical (unpaired) electrons. The van der Waals surface area contributed by atoms with E-state index in [-0.39, 0.29) is 22.3 Å². The molecule has 1 aromatic carbocycles. The lowest BCUT2D eigenvalue weighted by Crippen LogP contribution is -2.32. The van der Waals surface area contributed by atoms with E-state index in [1.807, 2.05) is 6.92 Å². The Hall–Kier alpha value is -1.67. The first-order valence-corrected chi connectivity index (χ1v) is 8.28. The Labute approximate surface area is 124 Å². The molecule has 21 heavy (non-hydrogen) atoms. The van der Waals surface area contributed by atoms with Gasteiger partial charge in [0.15, 0.2) is 0 Å². The van der Waals surface area contributed by atoms with Gasteiger partial charge >= 0.3 is 0 Å². The van der Waals surface area contributed by atoms with Gasteiger partial charge in [-0.15, -0.1) is 0 Å². The zero-order valence-electron chi connectivity index (χ0n) is 12.4. The topological polar surface area (TPSA) is 101 Å². The van der Waals surface area contributed by atoms with Crippen LogP contribution in [-0.2, 0) is 10.0 Å². The second-order valence-electron chi connectivity index (χ2n) is 4.85. The molecule has 0 aliphatic carbocycles. The maximum absolute atomic E-state index is 12.2. The molecule has 0 fully saturated rings. The van der Waals surface area contributed by atoms with Gasteiger partial charge in [0.2, 0.25) is 10.0 Å². The maximum atomic E-state index is 12.2. The molecule has 0 amide bonds. The van der Waals surface area contributed by atoms with Crippen LogP contribution in [0.4, 0.5) is 11.4 Å². The van der Waals surface area contributed by atoms with Crippen LogP contribution in [0.25, 0.3) is 0 Å². The van der Waals surface area contributed by atoms with Gasteiger partial charge in [0.25, 0.3) is 5.69 Å². The molecule has 0 aromatic heterocycles. The van der Waals surface area contributed by atoms with E-state index in [1.54, 1.807) is 6.92 Å². The lowest BCUT2D eigenvalue weighted by atomic mass is 10.2. The summed E-state index contributed by atoms with van der Waals surface area (Å²) < 4.78 is 27.1. The fraction of sp³-hybridized carbons (Fsp3) is 0.538. The number of nitro benzene ring substituents is 1. The highest BCUT2D eigenvalue weighted by Crippen LogP contribution is 2.27. The van der Waals surface area contributed by atoms with Crippen LogP contribution in [0.5, 0.6) is 0 Å². The number of benzene rings is 1. The Balaban J connectivity index is 3.01. The van der Waals surface area contributed by atoms with Crippen molar-refractivity contribution in [3.63, 3.8) is 0 Å². The van der Waals surface area contributed by atoms with Crippen molar-refractivity contribution in [3.8, 4) is 0 Å². The molecule has 1 rings (SSSR count). The first kappa shape index (κ1) is 17.4. The van der Waals surface area contributed by atoms with E-state index in [0.717, 1.165) is 19.3 Å². The molecule has 0 saturated carbocycles. The van der Waals surface area contributed by atoms with E-state index >= 15 is 0 Å². The summed E-state index contributed by atoms with van der Waals surface area (Å²) >= 11 is 0. The molecule has 1 unspecified atom stereocenters. The number of anilines is 1. The maximum Gasteiger partial charge on any atom is 0.292 e. The number of nitrogens with one attached hydrogen (secondary N) is 2. The predicted molar refractivity (Wildman–Crippen MR) is 82.0 cm³/mol. The minimum atomic E-state index is -3.68. The second-order valence-corrected chi connectivity index (χ2v) is 6.56. The quantitative estimate of drug-likeness (QED) is 0.567. The van der Waals surface area contributed by atoms with Crippen molar-refractivity contribution in [3.05, 3.63) is 28.3 Å². The highest BCUT2D eigenvalue weighted by Gasteiger charge is 2.21. The van der Waals surface area contributed by atoms with E-state index in [1.165, 1.54) is 25.2 Å². The van der Waals surface area contributed by atoms with Crippen LogP contribution >= 0.6 is 0 Å². The van der Waals surface area contributed by atoms with E-state index in [2.05, 4.69) is 10.0 Å². The average Bonchev–Trinajstić information content (AvgIpc) is 2.43. The third-order valence-corrected chi connectivity index (χ3v) is 4.68. The summed E-state index contributed by atoms with van der Waals surface area (Å²) in [5, 5.41) is 13.5. The van der Waals surface area contributed by atoms with Gasteiger partial charge in [-0.3, -0.25) is 10.1 Å². The summed E-state index contributed by atoms with van der Waals surface area (Å²) in [5.41, 5.74) is 0.0135. The summed E-state index contributed by atoms with van der Waals surface area (Å²) in [7, 11) is -2.17. The number of unbranched alkanes of at least 4 members (excludes halogenated alkanes) is 1. The first-order valence-electron chi connectivity index (χ1n) is 6.80. The van der Waals surface area contributed by atoms with Gasteiger partial charge in [0, 0.05) is 19.2 Å². The van der Waals surface area contributed by atoms with Crippen LogP contribution in [0.15, 0.2) is 23.1 Å². The zero-order chi connectivity index (χ0) is 16.0. The minimum Gasteiger partial charge on any atom is -0.383 e. The molecule has 2 N–H and O–H groups in total. The third kappa shape index (κ3) is 4.68. The van der Waals surface area contributed by atoms with Crippen LogP contribution in [-0.4, -0.2) is 26.4 Å². The lowest BCUT2D eigenvalue weighted by molar-refractivity contribution is -0.384. The Kier molecular flexibility index (Phi) is 6.10.